The first kappa shape index (κ1) is 14.6. The molecule has 104 valence electrons. The lowest BCUT2D eigenvalue weighted by Gasteiger charge is -2.23. The Bertz CT molecular complexity index is 472. The van der Waals surface area contributed by atoms with Crippen molar-refractivity contribution in [2.75, 3.05) is 0 Å². The first-order valence-corrected chi connectivity index (χ1v) is 7.29. The van der Waals surface area contributed by atoms with Crippen molar-refractivity contribution in [1.29, 1.82) is 0 Å². The Morgan fingerprint density at radius 2 is 2.11 bits per heavy atom. The normalized spacial score (nSPS) is 26.6. The third kappa shape index (κ3) is 3.03. The number of nitrogens with zero attached hydrogens (tertiary/aromatic N) is 1. The van der Waals surface area contributed by atoms with Crippen LogP contribution in [0.1, 0.15) is 50.5 Å². The van der Waals surface area contributed by atoms with E-state index in [0.717, 1.165) is 31.2 Å². The average molecular weight is 302 g/mol. The minimum atomic E-state index is -0.678. The molecular weight excluding hydrogens is 285 g/mol. The second-order valence-corrected chi connectivity index (χ2v) is 6.10. The van der Waals surface area contributed by atoms with Crippen molar-refractivity contribution in [2.24, 2.45) is 5.41 Å². The minimum absolute atomic E-state index is 0.209. The highest BCUT2D eigenvalue weighted by Gasteiger charge is 2.45. The fourth-order valence-electron chi connectivity index (χ4n) is 3.14. The lowest BCUT2D eigenvalue weighted by molar-refractivity contribution is -0.149. The summed E-state index contributed by atoms with van der Waals surface area (Å²) < 4.78 is 0. The van der Waals surface area contributed by atoms with E-state index >= 15 is 0 Å². The standard InChI is InChI=1S/C14H17Cl2NO2/c1-2-4-14(13(18)19)5-3-9(8-14)10-6-11(15)17-12(16)7-10/h6-7,9H,2-5,8H2,1H3,(H,18,19)/t9-,14+/m0/s1. The second kappa shape index (κ2) is 5.68. The smallest absolute Gasteiger partial charge is 0.309 e. The number of hydrogen-bond donors (Lipinski definition) is 1. The summed E-state index contributed by atoms with van der Waals surface area (Å²) in [6, 6.07) is 3.59. The van der Waals surface area contributed by atoms with Gasteiger partial charge in [0.2, 0.25) is 0 Å². The zero-order valence-electron chi connectivity index (χ0n) is 10.8. The number of aliphatic carboxylic acids is 1. The maximum atomic E-state index is 11.6. The molecule has 19 heavy (non-hydrogen) atoms. The van der Waals surface area contributed by atoms with Crippen LogP contribution in [0.4, 0.5) is 0 Å². The molecule has 0 aliphatic heterocycles. The predicted octanol–water partition coefficient (Wildman–Crippen LogP) is 4.53. The molecule has 1 aromatic heterocycles. The van der Waals surface area contributed by atoms with Crippen molar-refractivity contribution in [1.82, 2.24) is 4.98 Å². The summed E-state index contributed by atoms with van der Waals surface area (Å²) in [5.41, 5.74) is 0.422. The van der Waals surface area contributed by atoms with Crippen LogP contribution < -0.4 is 0 Å². The Hall–Kier alpha value is -0.800. The van der Waals surface area contributed by atoms with Crippen molar-refractivity contribution >= 4 is 29.2 Å². The Kier molecular flexibility index (Phi) is 4.36. The second-order valence-electron chi connectivity index (χ2n) is 5.32. The molecule has 0 spiro atoms. The number of pyridine rings is 1. The van der Waals surface area contributed by atoms with Gasteiger partial charge in [-0.15, -0.1) is 0 Å². The number of carboxylic acid groups (broad SMARTS) is 1. The van der Waals surface area contributed by atoms with Crippen molar-refractivity contribution in [3.05, 3.63) is 28.0 Å². The topological polar surface area (TPSA) is 50.2 Å². The van der Waals surface area contributed by atoms with Crippen LogP contribution in [0.25, 0.3) is 0 Å². The summed E-state index contributed by atoms with van der Waals surface area (Å²) in [4.78, 5) is 15.5. The lowest BCUT2D eigenvalue weighted by atomic mass is 9.80. The van der Waals surface area contributed by atoms with Gasteiger partial charge in [0.15, 0.2) is 0 Å². The van der Waals surface area contributed by atoms with Crippen molar-refractivity contribution in [2.45, 2.75) is 44.9 Å². The SMILES string of the molecule is CCC[C@@]1(C(=O)O)CC[C@H](c2cc(Cl)nc(Cl)c2)C1. The quantitative estimate of drug-likeness (QED) is 0.831. The van der Waals surface area contributed by atoms with Gasteiger partial charge in [-0.05, 0) is 49.3 Å². The number of carboxylic acids is 1. The number of hydrogen-bond acceptors (Lipinski definition) is 2. The van der Waals surface area contributed by atoms with Crippen molar-refractivity contribution < 1.29 is 9.90 Å². The molecule has 0 amide bonds. The highest BCUT2D eigenvalue weighted by molar-refractivity contribution is 6.32. The summed E-state index contributed by atoms with van der Waals surface area (Å²) in [5, 5.41) is 10.2. The Morgan fingerprint density at radius 1 is 1.47 bits per heavy atom. The molecule has 0 aromatic carbocycles. The summed E-state index contributed by atoms with van der Waals surface area (Å²) in [6.45, 7) is 2.03. The monoisotopic (exact) mass is 301 g/mol. The minimum Gasteiger partial charge on any atom is -0.481 e. The number of halogens is 2. The van der Waals surface area contributed by atoms with E-state index in [9.17, 15) is 9.90 Å². The fourth-order valence-corrected chi connectivity index (χ4v) is 3.61. The van der Waals surface area contributed by atoms with E-state index in [4.69, 9.17) is 23.2 Å². The molecule has 1 N–H and O–H groups in total. The average Bonchev–Trinajstić information content (AvgIpc) is 2.74. The molecule has 3 nitrogen and oxygen atoms in total. The van der Waals surface area contributed by atoms with E-state index in [-0.39, 0.29) is 5.92 Å². The summed E-state index contributed by atoms with van der Waals surface area (Å²) >= 11 is 11.8. The van der Waals surface area contributed by atoms with E-state index in [1.165, 1.54) is 0 Å². The van der Waals surface area contributed by atoms with Crippen molar-refractivity contribution in [3.63, 3.8) is 0 Å². The molecule has 5 heteroatoms. The lowest BCUT2D eigenvalue weighted by Crippen LogP contribution is -2.27. The third-order valence-electron chi connectivity index (χ3n) is 4.05. The van der Waals surface area contributed by atoms with Gasteiger partial charge in [-0.1, -0.05) is 36.5 Å². The van der Waals surface area contributed by atoms with Gasteiger partial charge < -0.3 is 5.11 Å². The number of rotatable bonds is 4. The van der Waals surface area contributed by atoms with Crippen LogP contribution in [0.15, 0.2) is 12.1 Å². The number of carbonyl (C=O) groups is 1. The predicted molar refractivity (Wildman–Crippen MR) is 75.8 cm³/mol. The first-order valence-electron chi connectivity index (χ1n) is 6.53. The van der Waals surface area contributed by atoms with Gasteiger partial charge in [0.05, 0.1) is 5.41 Å². The van der Waals surface area contributed by atoms with E-state index in [2.05, 4.69) is 4.98 Å². The molecule has 2 rings (SSSR count). The zero-order valence-corrected chi connectivity index (χ0v) is 12.3. The van der Waals surface area contributed by atoms with E-state index in [1.54, 1.807) is 12.1 Å². The van der Waals surface area contributed by atoms with Crippen LogP contribution in [0.2, 0.25) is 10.3 Å². The fraction of sp³-hybridized carbons (Fsp3) is 0.571. The van der Waals surface area contributed by atoms with Crippen molar-refractivity contribution in [3.8, 4) is 0 Å². The molecule has 1 aliphatic carbocycles. The molecule has 1 heterocycles. The maximum Gasteiger partial charge on any atom is 0.309 e. The van der Waals surface area contributed by atoms with Gasteiger partial charge in [-0.25, -0.2) is 4.98 Å². The Labute approximate surface area is 122 Å². The summed E-state index contributed by atoms with van der Waals surface area (Å²) in [7, 11) is 0. The molecule has 1 fully saturated rings. The van der Waals surface area contributed by atoms with Gasteiger partial charge in [0.25, 0.3) is 0 Å². The van der Waals surface area contributed by atoms with Crippen LogP contribution in [0.5, 0.6) is 0 Å². The maximum absolute atomic E-state index is 11.6. The zero-order chi connectivity index (χ0) is 14.0. The summed E-state index contributed by atoms with van der Waals surface area (Å²) in [6.07, 6.45) is 3.86. The highest BCUT2D eigenvalue weighted by atomic mass is 35.5. The molecule has 1 saturated carbocycles. The molecular formula is C14H17Cl2NO2. The molecule has 0 unspecified atom stereocenters. The first-order chi connectivity index (χ1) is 8.97. The Morgan fingerprint density at radius 3 is 2.63 bits per heavy atom. The molecule has 0 saturated heterocycles. The van der Waals surface area contributed by atoms with Gasteiger partial charge in [-0.2, -0.15) is 0 Å². The highest BCUT2D eigenvalue weighted by Crippen LogP contribution is 2.49. The number of aromatic nitrogens is 1. The molecule has 0 radical (unpaired) electrons. The van der Waals surface area contributed by atoms with Crippen LogP contribution >= 0.6 is 23.2 Å². The van der Waals surface area contributed by atoms with E-state index in [0.29, 0.717) is 16.7 Å². The van der Waals surface area contributed by atoms with Gasteiger partial charge in [0.1, 0.15) is 10.3 Å². The van der Waals surface area contributed by atoms with Crippen LogP contribution in [-0.4, -0.2) is 16.1 Å². The third-order valence-corrected chi connectivity index (χ3v) is 4.43. The largest absolute Gasteiger partial charge is 0.481 e. The van der Waals surface area contributed by atoms with Crippen LogP contribution in [0, 0.1) is 5.41 Å². The van der Waals surface area contributed by atoms with Crippen LogP contribution in [-0.2, 0) is 4.79 Å². The Balaban J connectivity index is 2.23. The van der Waals surface area contributed by atoms with Gasteiger partial charge in [0, 0.05) is 0 Å². The molecule has 1 aromatic rings. The van der Waals surface area contributed by atoms with E-state index in [1.807, 2.05) is 6.92 Å². The van der Waals surface area contributed by atoms with Crippen LogP contribution in [0.3, 0.4) is 0 Å². The van der Waals surface area contributed by atoms with Gasteiger partial charge >= 0.3 is 5.97 Å². The molecule has 0 bridgehead atoms. The summed E-state index contributed by atoms with van der Waals surface area (Å²) in [5.74, 6) is -0.469. The molecule has 2 atom stereocenters. The van der Waals surface area contributed by atoms with Gasteiger partial charge in [-0.3, -0.25) is 4.79 Å². The molecule has 1 aliphatic rings. The van der Waals surface area contributed by atoms with E-state index < -0.39 is 11.4 Å².